The molecule has 10 aliphatic carbocycles. The molecule has 0 saturated heterocycles. The van der Waals surface area contributed by atoms with Crippen LogP contribution in [0.5, 0.6) is 0 Å². The van der Waals surface area contributed by atoms with Gasteiger partial charge in [0.15, 0.2) is 0 Å². The molecule has 0 amide bonds. The Morgan fingerprint density at radius 2 is 0.591 bits per heavy atom. The van der Waals surface area contributed by atoms with E-state index in [1.165, 1.54) is 141 Å². The maximum atomic E-state index is 3.54. The molecular formula is C64H112N2. The zero-order valence-electron chi connectivity index (χ0n) is 45.1. The van der Waals surface area contributed by atoms with E-state index in [1.807, 2.05) is 0 Å². The van der Waals surface area contributed by atoms with Crippen LogP contribution in [0.1, 0.15) is 273 Å². The molecule has 10 atom stereocenters. The van der Waals surface area contributed by atoms with E-state index in [0.717, 1.165) is 131 Å². The summed E-state index contributed by atoms with van der Waals surface area (Å²) in [6.07, 6.45) is 55.4. The fraction of sp³-hybridized carbons (Fsp3) is 1.00. The Hall–Kier alpha value is -0.0800. The third-order valence-corrected chi connectivity index (χ3v) is 24.5. The Balaban J connectivity index is 1.02. The predicted molar refractivity (Wildman–Crippen MR) is 283 cm³/mol. The fourth-order valence-electron chi connectivity index (χ4n) is 20.9. The summed E-state index contributed by atoms with van der Waals surface area (Å²) in [7, 11) is 0. The standard InChI is InChI=1S/C64H112N2/c1-7-9-11-47-21-33-53(34-22-47)65(51-29-17-45(5)18-30-51)61-41-59(49-25-13-43(3)14-26-49)55-38-40-58-62(42-60(50-27-15-44(4)16-28-50)56-37-39-57(61)63(55)64(56)58)66(52-31-19-46(6)20-32-52)54-35-23-48(24-36-54)12-10-8-2/h43-64H,7-42H2,1-6H3. The monoisotopic (exact) mass is 909 g/mol. The van der Waals surface area contributed by atoms with Crippen LogP contribution >= 0.6 is 0 Å². The largest absolute Gasteiger partial charge is 0.294 e. The smallest absolute Gasteiger partial charge is 0.0135 e. The molecule has 0 aliphatic heterocycles. The topological polar surface area (TPSA) is 6.48 Å². The molecule has 10 unspecified atom stereocenters. The molecule has 0 heterocycles. The molecule has 0 aromatic rings. The van der Waals surface area contributed by atoms with E-state index >= 15 is 0 Å². The molecule has 378 valence electrons. The third-order valence-electron chi connectivity index (χ3n) is 24.5. The van der Waals surface area contributed by atoms with E-state index in [-0.39, 0.29) is 0 Å². The first-order valence-electron chi connectivity index (χ1n) is 31.8. The Labute approximate surface area is 411 Å². The molecule has 0 radical (unpaired) electrons. The van der Waals surface area contributed by atoms with E-state index in [0.29, 0.717) is 0 Å². The van der Waals surface area contributed by atoms with Gasteiger partial charge in [0.1, 0.15) is 0 Å². The zero-order valence-corrected chi connectivity index (χ0v) is 45.1. The van der Waals surface area contributed by atoms with Crippen LogP contribution in [0.25, 0.3) is 0 Å². The van der Waals surface area contributed by atoms with Crippen LogP contribution in [0.2, 0.25) is 0 Å². The van der Waals surface area contributed by atoms with Gasteiger partial charge >= 0.3 is 0 Å². The van der Waals surface area contributed by atoms with Crippen LogP contribution in [-0.2, 0) is 0 Å². The van der Waals surface area contributed by atoms with Crippen molar-refractivity contribution in [2.24, 2.45) is 94.7 Å². The van der Waals surface area contributed by atoms with Crippen molar-refractivity contribution in [3.05, 3.63) is 0 Å². The summed E-state index contributed by atoms with van der Waals surface area (Å²) in [5.74, 6) is 16.2. The van der Waals surface area contributed by atoms with Gasteiger partial charge in [-0.25, -0.2) is 0 Å². The number of unbranched alkanes of at least 4 members (excludes halogenated alkanes) is 2. The highest BCUT2D eigenvalue weighted by Gasteiger charge is 2.63. The summed E-state index contributed by atoms with van der Waals surface area (Å²) < 4.78 is 0. The van der Waals surface area contributed by atoms with Crippen molar-refractivity contribution in [3.63, 3.8) is 0 Å². The van der Waals surface area contributed by atoms with E-state index in [1.54, 1.807) is 89.9 Å². The van der Waals surface area contributed by atoms with E-state index < -0.39 is 0 Å². The highest BCUT2D eigenvalue weighted by Crippen LogP contribution is 2.67. The Morgan fingerprint density at radius 1 is 0.303 bits per heavy atom. The van der Waals surface area contributed by atoms with Crippen molar-refractivity contribution < 1.29 is 0 Å². The number of hydrogen-bond donors (Lipinski definition) is 0. The van der Waals surface area contributed by atoms with Gasteiger partial charge in [-0.3, -0.25) is 9.80 Å². The minimum atomic E-state index is 0.886. The van der Waals surface area contributed by atoms with Gasteiger partial charge in [-0.1, -0.05) is 106 Å². The predicted octanol–water partition coefficient (Wildman–Crippen LogP) is 18.0. The molecule has 0 aromatic carbocycles. The summed E-state index contributed by atoms with van der Waals surface area (Å²) in [4.78, 5) is 7.08. The van der Waals surface area contributed by atoms with Gasteiger partial charge in [-0.05, 0) is 262 Å². The second kappa shape index (κ2) is 22.8. The SMILES string of the molecule is CCCCC1CCC(N(C2CCC(C)CC2)C2CC(C3CCC(C)CC3)C3CCC4C5C(CCC2C35)C(C2CCC(C)CC2)CC4N(C2CCC(C)CC2)C2CCC(CCCC)CC2)CC1. The van der Waals surface area contributed by atoms with E-state index in [4.69, 9.17) is 0 Å². The zero-order chi connectivity index (χ0) is 45.3. The van der Waals surface area contributed by atoms with E-state index in [9.17, 15) is 0 Å². The van der Waals surface area contributed by atoms with Crippen LogP contribution in [0.3, 0.4) is 0 Å². The highest BCUT2D eigenvalue weighted by molar-refractivity contribution is 5.14. The van der Waals surface area contributed by atoms with Crippen LogP contribution < -0.4 is 0 Å². The number of rotatable bonds is 14. The van der Waals surface area contributed by atoms with Crippen molar-refractivity contribution in [2.45, 2.75) is 309 Å². The lowest BCUT2D eigenvalue weighted by atomic mass is 9.41. The Kier molecular flexibility index (Phi) is 17.1. The minimum Gasteiger partial charge on any atom is -0.294 e. The maximum absolute atomic E-state index is 3.54. The summed E-state index contributed by atoms with van der Waals surface area (Å²) in [6, 6.07) is 5.34. The second-order valence-corrected chi connectivity index (χ2v) is 28.3. The van der Waals surface area contributed by atoms with Gasteiger partial charge in [-0.15, -0.1) is 0 Å². The van der Waals surface area contributed by atoms with Crippen LogP contribution in [0.15, 0.2) is 0 Å². The molecule has 2 heteroatoms. The Morgan fingerprint density at radius 3 is 0.909 bits per heavy atom. The van der Waals surface area contributed by atoms with Gasteiger partial charge in [0.2, 0.25) is 0 Å². The number of nitrogens with zero attached hydrogens (tertiary/aromatic N) is 2. The lowest BCUT2D eigenvalue weighted by molar-refractivity contribution is -0.190. The van der Waals surface area contributed by atoms with Crippen molar-refractivity contribution in [1.82, 2.24) is 9.80 Å². The molecule has 10 aliphatic rings. The van der Waals surface area contributed by atoms with Crippen LogP contribution in [0.4, 0.5) is 0 Å². The lowest BCUT2D eigenvalue weighted by Crippen LogP contribution is -2.67. The van der Waals surface area contributed by atoms with Crippen molar-refractivity contribution in [3.8, 4) is 0 Å². The lowest BCUT2D eigenvalue weighted by Gasteiger charge is -2.68. The quantitative estimate of drug-likeness (QED) is 0.171. The first-order valence-corrected chi connectivity index (χ1v) is 31.8. The van der Waals surface area contributed by atoms with Crippen LogP contribution in [-0.4, -0.2) is 46.1 Å². The average molecular weight is 910 g/mol. The highest BCUT2D eigenvalue weighted by atomic mass is 15.2. The van der Waals surface area contributed by atoms with Crippen molar-refractivity contribution >= 4 is 0 Å². The van der Waals surface area contributed by atoms with Crippen LogP contribution in [0, 0.1) is 94.7 Å². The van der Waals surface area contributed by atoms with Gasteiger partial charge in [0, 0.05) is 36.3 Å². The molecule has 0 aromatic heterocycles. The fourth-order valence-corrected chi connectivity index (χ4v) is 20.9. The normalized spacial score (nSPS) is 49.1. The molecule has 10 fully saturated rings. The Bertz CT molecular complexity index is 1320. The third kappa shape index (κ3) is 10.7. The average Bonchev–Trinajstić information content (AvgIpc) is 3.35. The molecule has 10 saturated carbocycles. The first-order chi connectivity index (χ1) is 32.3. The number of hydrogen-bond acceptors (Lipinski definition) is 2. The molecule has 66 heavy (non-hydrogen) atoms. The first kappa shape index (κ1) is 49.5. The van der Waals surface area contributed by atoms with Gasteiger partial charge in [-0.2, -0.15) is 0 Å². The van der Waals surface area contributed by atoms with Crippen molar-refractivity contribution in [1.29, 1.82) is 0 Å². The molecule has 0 spiro atoms. The van der Waals surface area contributed by atoms with Gasteiger partial charge < -0.3 is 0 Å². The van der Waals surface area contributed by atoms with E-state index in [2.05, 4.69) is 51.3 Å². The summed E-state index contributed by atoms with van der Waals surface area (Å²) >= 11 is 0. The maximum Gasteiger partial charge on any atom is 0.0135 e. The summed E-state index contributed by atoms with van der Waals surface area (Å²) in [6.45, 7) is 15.3. The van der Waals surface area contributed by atoms with Gasteiger partial charge in [0.25, 0.3) is 0 Å². The summed E-state index contributed by atoms with van der Waals surface area (Å²) in [5.41, 5.74) is 0. The minimum absolute atomic E-state index is 0.886. The molecular weight excluding hydrogens is 797 g/mol. The van der Waals surface area contributed by atoms with Gasteiger partial charge in [0.05, 0.1) is 0 Å². The molecule has 0 bridgehead atoms. The summed E-state index contributed by atoms with van der Waals surface area (Å²) in [5, 5.41) is 0. The molecule has 10 rings (SSSR count). The van der Waals surface area contributed by atoms with Crippen molar-refractivity contribution in [2.75, 3.05) is 0 Å². The molecule has 2 nitrogen and oxygen atoms in total. The second-order valence-electron chi connectivity index (χ2n) is 28.3. The molecule has 0 N–H and O–H groups in total.